The second-order valence-electron chi connectivity index (χ2n) is 5.42. The van der Waals surface area contributed by atoms with Crippen LogP contribution in [0.1, 0.15) is 12.5 Å². The molecule has 0 aliphatic carbocycles. The molecule has 2 aromatic carbocycles. The van der Waals surface area contributed by atoms with Crippen molar-refractivity contribution in [3.05, 3.63) is 70.3 Å². The molecule has 2 rings (SSSR count). The van der Waals surface area contributed by atoms with Crippen molar-refractivity contribution in [3.63, 3.8) is 0 Å². The zero-order chi connectivity index (χ0) is 18.9. The van der Waals surface area contributed by atoms with E-state index >= 15 is 0 Å². The predicted octanol–water partition coefficient (Wildman–Crippen LogP) is 2.22. The van der Waals surface area contributed by atoms with Gasteiger partial charge >= 0.3 is 5.97 Å². The van der Waals surface area contributed by atoms with Gasteiger partial charge in [-0.3, -0.25) is 14.9 Å². The molecule has 0 fully saturated rings. The molecule has 0 unspecified atom stereocenters. The van der Waals surface area contributed by atoms with E-state index in [2.05, 4.69) is 5.32 Å². The minimum Gasteiger partial charge on any atom is -0.484 e. The van der Waals surface area contributed by atoms with E-state index in [0.29, 0.717) is 11.3 Å². The van der Waals surface area contributed by atoms with Gasteiger partial charge in [-0.05, 0) is 36.8 Å². The number of non-ortho nitro benzene ring substituents is 1. The fourth-order valence-corrected chi connectivity index (χ4v) is 2.00. The molecule has 1 N–H and O–H groups in total. The Hall–Kier alpha value is -3.42. The van der Waals surface area contributed by atoms with Crippen LogP contribution >= 0.6 is 0 Å². The molecule has 0 aliphatic rings. The van der Waals surface area contributed by atoms with Gasteiger partial charge in [0.1, 0.15) is 18.4 Å². The van der Waals surface area contributed by atoms with Crippen LogP contribution < -0.4 is 10.1 Å². The van der Waals surface area contributed by atoms with Gasteiger partial charge in [-0.25, -0.2) is 4.79 Å². The Morgan fingerprint density at radius 2 is 1.77 bits per heavy atom. The third kappa shape index (κ3) is 5.90. The van der Waals surface area contributed by atoms with E-state index in [9.17, 15) is 19.7 Å². The number of nitrogens with one attached hydrogen (secondary N) is 1. The number of carbonyl (C=O) groups excluding carboxylic acids is 2. The minimum absolute atomic E-state index is 0.0425. The molecule has 8 heteroatoms. The monoisotopic (exact) mass is 358 g/mol. The number of amides is 1. The smallest absolute Gasteiger partial charge is 0.328 e. The summed E-state index contributed by atoms with van der Waals surface area (Å²) in [5.41, 5.74) is 0.564. The molecular formula is C18H18N2O6. The van der Waals surface area contributed by atoms with Gasteiger partial charge in [-0.1, -0.05) is 18.2 Å². The fraction of sp³-hybridized carbons (Fsp3) is 0.222. The number of nitro groups is 1. The molecule has 1 atom stereocenters. The van der Waals surface area contributed by atoms with Crippen LogP contribution in [0.3, 0.4) is 0 Å². The first-order valence-corrected chi connectivity index (χ1v) is 7.83. The standard InChI is InChI=1S/C18H18N2O6/c1-13(19-17(21)12-25-16-5-3-2-4-6-16)18(22)26-11-14-7-9-15(10-8-14)20(23)24/h2-10,13H,11-12H2,1H3,(H,19,21)/t13-/m0/s1. The Balaban J connectivity index is 1.74. The first kappa shape index (κ1) is 18.9. The molecule has 0 aliphatic heterocycles. The number of hydrogen-bond acceptors (Lipinski definition) is 6. The highest BCUT2D eigenvalue weighted by atomic mass is 16.6. The van der Waals surface area contributed by atoms with Crippen LogP contribution in [0.4, 0.5) is 5.69 Å². The summed E-state index contributed by atoms with van der Waals surface area (Å²) in [5.74, 6) is -0.513. The number of para-hydroxylation sites is 1. The molecule has 0 heterocycles. The lowest BCUT2D eigenvalue weighted by Gasteiger charge is -2.14. The number of rotatable bonds is 8. The number of benzene rings is 2. The second kappa shape index (κ2) is 9.16. The van der Waals surface area contributed by atoms with E-state index in [1.54, 1.807) is 24.3 Å². The Morgan fingerprint density at radius 3 is 2.38 bits per heavy atom. The molecule has 0 saturated heterocycles. The van der Waals surface area contributed by atoms with Crippen molar-refractivity contribution in [2.24, 2.45) is 0 Å². The zero-order valence-corrected chi connectivity index (χ0v) is 14.1. The van der Waals surface area contributed by atoms with Crippen molar-refractivity contribution in [1.82, 2.24) is 5.32 Å². The van der Waals surface area contributed by atoms with Crippen molar-refractivity contribution in [2.45, 2.75) is 19.6 Å². The number of carbonyl (C=O) groups is 2. The van der Waals surface area contributed by atoms with Crippen LogP contribution in [0.25, 0.3) is 0 Å². The van der Waals surface area contributed by atoms with Gasteiger partial charge in [0.2, 0.25) is 0 Å². The van der Waals surface area contributed by atoms with Crippen molar-refractivity contribution >= 4 is 17.6 Å². The lowest BCUT2D eigenvalue weighted by atomic mass is 10.2. The lowest BCUT2D eigenvalue weighted by molar-refractivity contribution is -0.384. The number of hydrogen-bond donors (Lipinski definition) is 1. The largest absolute Gasteiger partial charge is 0.484 e. The highest BCUT2D eigenvalue weighted by molar-refractivity contribution is 5.84. The number of nitro benzene ring substituents is 1. The quantitative estimate of drug-likeness (QED) is 0.440. The van der Waals surface area contributed by atoms with E-state index < -0.39 is 22.8 Å². The van der Waals surface area contributed by atoms with Crippen molar-refractivity contribution in [2.75, 3.05) is 6.61 Å². The molecule has 1 amide bonds. The average molecular weight is 358 g/mol. The van der Waals surface area contributed by atoms with Crippen LogP contribution in [0, 0.1) is 10.1 Å². The third-order valence-corrected chi connectivity index (χ3v) is 3.37. The fourth-order valence-electron chi connectivity index (χ4n) is 2.00. The normalized spacial score (nSPS) is 11.3. The molecule has 0 bridgehead atoms. The molecule has 0 spiro atoms. The number of nitrogens with zero attached hydrogens (tertiary/aromatic N) is 1. The van der Waals surface area contributed by atoms with Gasteiger partial charge < -0.3 is 14.8 Å². The summed E-state index contributed by atoms with van der Waals surface area (Å²) in [7, 11) is 0. The minimum atomic E-state index is -0.847. The Morgan fingerprint density at radius 1 is 1.12 bits per heavy atom. The summed E-state index contributed by atoms with van der Waals surface area (Å²) < 4.78 is 10.4. The lowest BCUT2D eigenvalue weighted by Crippen LogP contribution is -2.41. The highest BCUT2D eigenvalue weighted by Gasteiger charge is 2.17. The maximum atomic E-state index is 11.9. The van der Waals surface area contributed by atoms with Gasteiger partial charge in [-0.15, -0.1) is 0 Å². The van der Waals surface area contributed by atoms with Crippen LogP contribution in [-0.2, 0) is 20.9 Å². The number of ether oxygens (including phenoxy) is 2. The summed E-state index contributed by atoms with van der Waals surface area (Å²) >= 11 is 0. The van der Waals surface area contributed by atoms with E-state index in [4.69, 9.17) is 9.47 Å². The molecule has 0 radical (unpaired) electrons. The maximum Gasteiger partial charge on any atom is 0.328 e. The number of esters is 1. The van der Waals surface area contributed by atoms with Gasteiger partial charge in [-0.2, -0.15) is 0 Å². The van der Waals surface area contributed by atoms with E-state index in [-0.39, 0.29) is 18.9 Å². The summed E-state index contributed by atoms with van der Waals surface area (Å²) in [6.45, 7) is 1.24. The molecular weight excluding hydrogens is 340 g/mol. The van der Waals surface area contributed by atoms with Crippen LogP contribution in [0.5, 0.6) is 5.75 Å². The van der Waals surface area contributed by atoms with Crippen LogP contribution in [-0.4, -0.2) is 29.4 Å². The first-order valence-electron chi connectivity index (χ1n) is 7.83. The van der Waals surface area contributed by atoms with Crippen molar-refractivity contribution in [3.8, 4) is 5.75 Å². The molecule has 136 valence electrons. The van der Waals surface area contributed by atoms with Gasteiger partial charge in [0.15, 0.2) is 6.61 Å². The molecule has 2 aromatic rings. The van der Waals surface area contributed by atoms with Gasteiger partial charge in [0.05, 0.1) is 4.92 Å². The van der Waals surface area contributed by atoms with Gasteiger partial charge in [0.25, 0.3) is 11.6 Å². The van der Waals surface area contributed by atoms with Crippen molar-refractivity contribution in [1.29, 1.82) is 0 Å². The van der Waals surface area contributed by atoms with Crippen molar-refractivity contribution < 1.29 is 24.0 Å². The SMILES string of the molecule is C[C@H](NC(=O)COc1ccccc1)C(=O)OCc1ccc([N+](=O)[O-])cc1. The summed E-state index contributed by atoms with van der Waals surface area (Å²) in [6.07, 6.45) is 0. The third-order valence-electron chi connectivity index (χ3n) is 3.37. The Bertz CT molecular complexity index is 761. The van der Waals surface area contributed by atoms with E-state index in [0.717, 1.165) is 0 Å². The predicted molar refractivity (Wildman–Crippen MR) is 92.4 cm³/mol. The molecule has 8 nitrogen and oxygen atoms in total. The van der Waals surface area contributed by atoms with E-state index in [1.165, 1.54) is 31.2 Å². The maximum absolute atomic E-state index is 11.9. The van der Waals surface area contributed by atoms with Crippen LogP contribution in [0.2, 0.25) is 0 Å². The summed E-state index contributed by atoms with van der Waals surface area (Å²) in [6, 6.07) is 13.6. The Labute approximate surface area is 149 Å². The average Bonchev–Trinajstić information content (AvgIpc) is 2.65. The van der Waals surface area contributed by atoms with Crippen LogP contribution in [0.15, 0.2) is 54.6 Å². The topological polar surface area (TPSA) is 108 Å². The summed E-state index contributed by atoms with van der Waals surface area (Å²) in [4.78, 5) is 33.8. The molecule has 0 aromatic heterocycles. The highest BCUT2D eigenvalue weighted by Crippen LogP contribution is 2.12. The van der Waals surface area contributed by atoms with Gasteiger partial charge in [0, 0.05) is 12.1 Å². The second-order valence-corrected chi connectivity index (χ2v) is 5.42. The Kier molecular flexibility index (Phi) is 6.67. The molecule has 0 saturated carbocycles. The molecule has 26 heavy (non-hydrogen) atoms. The first-order chi connectivity index (χ1) is 12.5. The van der Waals surface area contributed by atoms with E-state index in [1.807, 2.05) is 6.07 Å². The zero-order valence-electron chi connectivity index (χ0n) is 14.1. The summed E-state index contributed by atoms with van der Waals surface area (Å²) in [5, 5.41) is 13.1.